The lowest BCUT2D eigenvalue weighted by Crippen LogP contribution is -2.46. The SMILES string of the molecule is CC(=O)Oc1ccc(C(=O)[C@H]2[C@H]3C(=O)N(c4cccc([N+](=O)[O-])c4)C(=O)[C@@H]3[C@H]3C=CC=NN32)cc1. The molecule has 0 unspecified atom stereocenters. The second kappa shape index (κ2) is 8.28. The Morgan fingerprint density at radius 2 is 1.77 bits per heavy atom. The number of amides is 2. The first kappa shape index (κ1) is 22.1. The molecule has 0 radical (unpaired) electrons. The Morgan fingerprint density at radius 3 is 2.46 bits per heavy atom. The van der Waals surface area contributed by atoms with Crippen molar-refractivity contribution in [2.75, 3.05) is 4.90 Å². The van der Waals surface area contributed by atoms with Crippen LogP contribution in [-0.4, -0.2) is 51.8 Å². The molecule has 0 saturated carbocycles. The second-order valence-corrected chi connectivity index (χ2v) is 8.29. The Bertz CT molecular complexity index is 1330. The summed E-state index contributed by atoms with van der Waals surface area (Å²) in [4.78, 5) is 63.3. The molecule has 0 N–H and O–H groups in total. The minimum Gasteiger partial charge on any atom is -0.427 e. The number of ketones is 1. The number of fused-ring (bicyclic) bond motifs is 3. The highest BCUT2D eigenvalue weighted by atomic mass is 16.6. The van der Waals surface area contributed by atoms with Crippen molar-refractivity contribution in [2.45, 2.75) is 19.0 Å². The highest BCUT2D eigenvalue weighted by Gasteiger charge is 2.64. The van der Waals surface area contributed by atoms with Gasteiger partial charge in [-0.2, -0.15) is 5.10 Å². The molecule has 4 atom stereocenters. The molecule has 176 valence electrons. The third kappa shape index (κ3) is 3.57. The van der Waals surface area contributed by atoms with E-state index in [1.165, 1.54) is 60.6 Å². The van der Waals surface area contributed by atoms with Crippen LogP contribution in [-0.2, 0) is 14.4 Å². The fraction of sp³-hybridized carbons (Fsp3) is 0.208. The molecule has 0 aliphatic carbocycles. The van der Waals surface area contributed by atoms with E-state index in [0.717, 1.165) is 11.0 Å². The van der Waals surface area contributed by atoms with Gasteiger partial charge in [-0.1, -0.05) is 12.1 Å². The number of non-ortho nitro benzene ring substituents is 1. The van der Waals surface area contributed by atoms with Crippen LogP contribution < -0.4 is 9.64 Å². The van der Waals surface area contributed by atoms with Crippen molar-refractivity contribution in [3.8, 4) is 5.75 Å². The van der Waals surface area contributed by atoms with Crippen LogP contribution in [0.3, 0.4) is 0 Å². The molecule has 5 rings (SSSR count). The minimum absolute atomic E-state index is 0.0790. The lowest BCUT2D eigenvalue weighted by atomic mass is 9.86. The van der Waals surface area contributed by atoms with Gasteiger partial charge in [0.1, 0.15) is 11.8 Å². The van der Waals surface area contributed by atoms with Crippen LogP contribution in [0.2, 0.25) is 0 Å². The van der Waals surface area contributed by atoms with Crippen molar-refractivity contribution < 1.29 is 28.8 Å². The van der Waals surface area contributed by atoms with E-state index in [0.29, 0.717) is 0 Å². The lowest BCUT2D eigenvalue weighted by Gasteiger charge is -2.30. The molecule has 3 aliphatic heterocycles. The molecule has 2 fully saturated rings. The van der Waals surface area contributed by atoms with Gasteiger partial charge in [0, 0.05) is 30.8 Å². The van der Waals surface area contributed by atoms with Crippen LogP contribution in [0.5, 0.6) is 5.75 Å². The number of ether oxygens (including phenoxy) is 1. The number of hydrogen-bond donors (Lipinski definition) is 0. The average molecular weight is 474 g/mol. The zero-order chi connectivity index (χ0) is 24.9. The maximum atomic E-state index is 13.6. The average Bonchev–Trinajstić information content (AvgIpc) is 3.31. The van der Waals surface area contributed by atoms with Gasteiger partial charge in [0.2, 0.25) is 11.8 Å². The van der Waals surface area contributed by atoms with E-state index in [9.17, 15) is 29.3 Å². The van der Waals surface area contributed by atoms with Crippen molar-refractivity contribution >= 4 is 41.2 Å². The predicted molar refractivity (Wildman–Crippen MR) is 122 cm³/mol. The molecule has 0 bridgehead atoms. The molecule has 0 spiro atoms. The number of esters is 1. The van der Waals surface area contributed by atoms with E-state index >= 15 is 0 Å². The van der Waals surface area contributed by atoms with Gasteiger partial charge in [-0.3, -0.25) is 34.3 Å². The van der Waals surface area contributed by atoms with Crippen molar-refractivity contribution in [1.29, 1.82) is 0 Å². The summed E-state index contributed by atoms with van der Waals surface area (Å²) < 4.78 is 5.00. The molecular weight excluding hydrogens is 456 g/mol. The van der Waals surface area contributed by atoms with Crippen LogP contribution >= 0.6 is 0 Å². The fourth-order valence-corrected chi connectivity index (χ4v) is 4.86. The molecule has 35 heavy (non-hydrogen) atoms. The molecule has 3 aliphatic rings. The van der Waals surface area contributed by atoms with E-state index in [2.05, 4.69) is 5.10 Å². The molecule has 2 saturated heterocycles. The zero-order valence-electron chi connectivity index (χ0n) is 18.3. The van der Waals surface area contributed by atoms with Crippen LogP contribution in [0.4, 0.5) is 11.4 Å². The normalized spacial score (nSPS) is 24.4. The third-order valence-electron chi connectivity index (χ3n) is 6.26. The highest BCUT2D eigenvalue weighted by molar-refractivity contribution is 6.24. The Balaban J connectivity index is 1.52. The van der Waals surface area contributed by atoms with E-state index in [1.54, 1.807) is 12.2 Å². The summed E-state index contributed by atoms with van der Waals surface area (Å²) in [6, 6.07) is 9.47. The molecule has 2 amide bonds. The van der Waals surface area contributed by atoms with E-state index in [-0.39, 0.29) is 22.7 Å². The van der Waals surface area contributed by atoms with Crippen LogP contribution in [0.1, 0.15) is 17.3 Å². The number of hydrogen-bond acceptors (Lipinski definition) is 9. The molecule has 0 aromatic heterocycles. The van der Waals surface area contributed by atoms with E-state index in [1.807, 2.05) is 0 Å². The number of anilines is 1. The first-order valence-electron chi connectivity index (χ1n) is 10.7. The molecule has 2 aromatic rings. The van der Waals surface area contributed by atoms with Gasteiger partial charge in [-0.25, -0.2) is 4.90 Å². The van der Waals surface area contributed by atoms with Crippen molar-refractivity contribution in [2.24, 2.45) is 16.9 Å². The lowest BCUT2D eigenvalue weighted by molar-refractivity contribution is -0.384. The zero-order valence-corrected chi connectivity index (χ0v) is 18.3. The number of imide groups is 1. The highest BCUT2D eigenvalue weighted by Crippen LogP contribution is 2.46. The van der Waals surface area contributed by atoms with Gasteiger partial charge in [0.25, 0.3) is 5.69 Å². The monoisotopic (exact) mass is 474 g/mol. The number of Topliss-reactive ketones (excluding diaryl/α,β-unsaturated/α-hetero) is 1. The minimum atomic E-state index is -1.06. The summed E-state index contributed by atoms with van der Waals surface area (Å²) in [5.74, 6) is -3.75. The Kier molecular flexibility index (Phi) is 5.24. The van der Waals surface area contributed by atoms with Gasteiger partial charge in [-0.15, -0.1) is 0 Å². The molecule has 11 heteroatoms. The molecule has 11 nitrogen and oxygen atoms in total. The van der Waals surface area contributed by atoms with Gasteiger partial charge in [0.05, 0.1) is 28.5 Å². The van der Waals surface area contributed by atoms with Gasteiger partial charge < -0.3 is 4.74 Å². The Hall–Kier alpha value is -4.67. The van der Waals surface area contributed by atoms with Crippen molar-refractivity contribution in [1.82, 2.24) is 5.01 Å². The number of carbonyl (C=O) groups excluding carboxylic acids is 4. The molecule has 2 aromatic carbocycles. The summed E-state index contributed by atoms with van der Waals surface area (Å²) in [7, 11) is 0. The second-order valence-electron chi connectivity index (χ2n) is 8.29. The number of rotatable bonds is 5. The van der Waals surface area contributed by atoms with E-state index in [4.69, 9.17) is 4.74 Å². The number of nitro groups is 1. The standard InChI is InChI=1S/C24H18N4O7/c1-13(29)35-17-9-7-14(8-10-17)22(30)21-20-19(18-6-3-11-25-27(18)21)23(31)26(24(20)32)15-4-2-5-16(12-15)28(33)34/h2-12,18-21H,1H3/t18-,19-,20+,21-/m1/s1. The number of allylic oxidation sites excluding steroid dienone is 1. The summed E-state index contributed by atoms with van der Waals surface area (Å²) >= 11 is 0. The number of nitro benzene ring substituents is 1. The smallest absolute Gasteiger partial charge is 0.308 e. The summed E-state index contributed by atoms with van der Waals surface area (Å²) in [6.45, 7) is 1.26. The van der Waals surface area contributed by atoms with E-state index < -0.39 is 52.4 Å². The van der Waals surface area contributed by atoms with Crippen molar-refractivity contribution in [3.63, 3.8) is 0 Å². The van der Waals surface area contributed by atoms with Gasteiger partial charge in [-0.05, 0) is 36.4 Å². The number of carbonyl (C=O) groups is 4. The fourth-order valence-electron chi connectivity index (χ4n) is 4.86. The van der Waals surface area contributed by atoms with Gasteiger partial charge in [0.15, 0.2) is 5.78 Å². The van der Waals surface area contributed by atoms with Crippen LogP contribution in [0, 0.1) is 22.0 Å². The van der Waals surface area contributed by atoms with Crippen molar-refractivity contribution in [3.05, 3.63) is 76.4 Å². The maximum Gasteiger partial charge on any atom is 0.308 e. The van der Waals surface area contributed by atoms with Crippen LogP contribution in [0.25, 0.3) is 0 Å². The summed E-state index contributed by atoms with van der Waals surface area (Å²) in [5, 5.41) is 17.0. The maximum absolute atomic E-state index is 13.6. The topological polar surface area (TPSA) is 139 Å². The van der Waals surface area contributed by atoms with Crippen LogP contribution in [0.15, 0.2) is 65.8 Å². The number of hydrazone groups is 1. The molecule has 3 heterocycles. The quantitative estimate of drug-likeness (QED) is 0.160. The van der Waals surface area contributed by atoms with Gasteiger partial charge >= 0.3 is 5.97 Å². The number of benzene rings is 2. The first-order valence-corrected chi connectivity index (χ1v) is 10.7. The summed E-state index contributed by atoms with van der Waals surface area (Å²) in [6.07, 6.45) is 4.84. The molecular formula is C24H18N4O7. The first-order chi connectivity index (χ1) is 16.8. The largest absolute Gasteiger partial charge is 0.427 e. The Morgan fingerprint density at radius 1 is 1.06 bits per heavy atom. The Labute approximate surface area is 198 Å². The third-order valence-corrected chi connectivity index (χ3v) is 6.26. The number of nitrogens with zero attached hydrogens (tertiary/aromatic N) is 4. The summed E-state index contributed by atoms with van der Waals surface area (Å²) in [5.41, 5.74) is 0.0731. The predicted octanol–water partition coefficient (Wildman–Crippen LogP) is 2.12.